The van der Waals surface area contributed by atoms with E-state index in [0.29, 0.717) is 25.1 Å². The van der Waals surface area contributed by atoms with Crippen LogP contribution in [-0.4, -0.2) is 68.7 Å². The topological polar surface area (TPSA) is 95.7 Å². The van der Waals surface area contributed by atoms with Crippen LogP contribution in [0.15, 0.2) is 35.1 Å². The molecule has 0 unspecified atom stereocenters. The number of amides is 1. The van der Waals surface area contributed by atoms with Gasteiger partial charge in [0.05, 0.1) is 17.8 Å². The van der Waals surface area contributed by atoms with Gasteiger partial charge in [-0.05, 0) is 62.2 Å². The van der Waals surface area contributed by atoms with Crippen LogP contribution in [0, 0.1) is 11.3 Å². The molecule has 1 aromatic carbocycles. The second kappa shape index (κ2) is 10.2. The van der Waals surface area contributed by atoms with Crippen LogP contribution < -0.4 is 5.56 Å². The van der Waals surface area contributed by atoms with Crippen molar-refractivity contribution in [3.63, 3.8) is 0 Å². The number of carbonyl (C=O) groups excluding carboxylic acids is 1. The van der Waals surface area contributed by atoms with Gasteiger partial charge in [0, 0.05) is 38.0 Å². The van der Waals surface area contributed by atoms with Gasteiger partial charge in [0.1, 0.15) is 5.82 Å². The lowest BCUT2D eigenvalue weighted by Gasteiger charge is -2.38. The number of carboxylic acid groups (broad SMARTS) is 1. The number of benzene rings is 1. The van der Waals surface area contributed by atoms with Crippen LogP contribution in [0.5, 0.6) is 0 Å². The van der Waals surface area contributed by atoms with E-state index in [1.165, 1.54) is 19.4 Å². The van der Waals surface area contributed by atoms with Crippen molar-refractivity contribution in [2.45, 2.75) is 57.8 Å². The summed E-state index contributed by atoms with van der Waals surface area (Å²) in [5.74, 6) is -0.849. The second-order valence-corrected chi connectivity index (χ2v) is 10.9. The highest BCUT2D eigenvalue weighted by atomic mass is 19.4. The molecule has 1 amide bonds. The van der Waals surface area contributed by atoms with Gasteiger partial charge in [0.25, 0.3) is 11.5 Å². The Hall–Kier alpha value is -3.21. The van der Waals surface area contributed by atoms with Crippen LogP contribution in [-0.2, 0) is 30.7 Å². The lowest BCUT2D eigenvalue weighted by atomic mass is 9.77. The molecule has 0 bridgehead atoms. The van der Waals surface area contributed by atoms with Crippen LogP contribution >= 0.6 is 0 Å². The molecule has 6 rings (SSSR count). The van der Waals surface area contributed by atoms with Gasteiger partial charge in [-0.2, -0.15) is 13.2 Å². The molecule has 2 aromatic rings. The standard InChI is InChI=1S/C25H30N4O2.C2HF3O2/c30-23(19-4-2-1-3-5-19)28-11-8-21-20(16-28)24(31)29-17-25(14-22(29)26-21)9-12-27(13-10-25)15-18-6-7-18;3-2(4,5)1(6)7/h1-5,18H,6-17H2;(H,6,7). The SMILES string of the molecule is O=C(O)C(F)(F)F.O=C(c1ccccc1)N1CCc2nc3n(c(=O)c2C1)CC1(CCN(CC2CC2)CC1)C3. The number of rotatable bonds is 3. The summed E-state index contributed by atoms with van der Waals surface area (Å²) in [5, 5.41) is 7.12. The third-order valence-electron chi connectivity index (χ3n) is 8.10. The molecular weight excluding hydrogens is 501 g/mol. The minimum absolute atomic E-state index is 0.00402. The van der Waals surface area contributed by atoms with E-state index in [-0.39, 0.29) is 16.9 Å². The Morgan fingerprint density at radius 1 is 1.08 bits per heavy atom. The van der Waals surface area contributed by atoms with Crippen LogP contribution in [0.2, 0.25) is 0 Å². The summed E-state index contributed by atoms with van der Waals surface area (Å²) in [5.41, 5.74) is 2.60. The summed E-state index contributed by atoms with van der Waals surface area (Å²) in [7, 11) is 0. The number of carbonyl (C=O) groups is 2. The highest BCUT2D eigenvalue weighted by Gasteiger charge is 2.43. The number of piperidine rings is 1. The zero-order chi connectivity index (χ0) is 27.1. The number of carboxylic acids is 1. The normalized spacial score (nSPS) is 20.3. The maximum Gasteiger partial charge on any atom is 0.490 e. The minimum Gasteiger partial charge on any atom is -0.475 e. The largest absolute Gasteiger partial charge is 0.490 e. The Morgan fingerprint density at radius 2 is 1.74 bits per heavy atom. The monoisotopic (exact) mass is 532 g/mol. The lowest BCUT2D eigenvalue weighted by Crippen LogP contribution is -2.43. The van der Waals surface area contributed by atoms with Crippen molar-refractivity contribution in [3.8, 4) is 0 Å². The average Bonchev–Trinajstić information content (AvgIpc) is 3.64. The van der Waals surface area contributed by atoms with Crippen molar-refractivity contribution in [3.05, 3.63) is 63.3 Å². The van der Waals surface area contributed by atoms with E-state index in [2.05, 4.69) is 4.90 Å². The number of alkyl halides is 3. The number of nitrogens with zero attached hydrogens (tertiary/aromatic N) is 4. The zero-order valence-corrected chi connectivity index (χ0v) is 21.0. The first-order chi connectivity index (χ1) is 18.0. The van der Waals surface area contributed by atoms with Gasteiger partial charge in [-0.15, -0.1) is 0 Å². The van der Waals surface area contributed by atoms with Crippen molar-refractivity contribution >= 4 is 11.9 Å². The number of aromatic nitrogens is 2. The second-order valence-electron chi connectivity index (χ2n) is 10.9. The van der Waals surface area contributed by atoms with E-state index < -0.39 is 12.1 Å². The predicted octanol–water partition coefficient (Wildman–Crippen LogP) is 3.12. The molecule has 2 fully saturated rings. The molecule has 1 saturated carbocycles. The molecule has 4 aliphatic rings. The van der Waals surface area contributed by atoms with Crippen LogP contribution in [0.25, 0.3) is 0 Å². The molecule has 1 spiro atoms. The van der Waals surface area contributed by atoms with Crippen molar-refractivity contribution in [1.29, 1.82) is 0 Å². The van der Waals surface area contributed by atoms with Gasteiger partial charge < -0.3 is 14.9 Å². The number of fused-ring (bicyclic) bond motifs is 2. The maximum absolute atomic E-state index is 13.4. The fourth-order valence-corrected chi connectivity index (χ4v) is 5.74. The Kier molecular flexibility index (Phi) is 7.06. The first kappa shape index (κ1) is 26.4. The molecule has 4 heterocycles. The van der Waals surface area contributed by atoms with E-state index in [1.54, 1.807) is 4.90 Å². The van der Waals surface area contributed by atoms with Gasteiger partial charge >= 0.3 is 12.1 Å². The molecule has 3 aliphatic heterocycles. The van der Waals surface area contributed by atoms with Crippen molar-refractivity contribution < 1.29 is 27.9 Å². The van der Waals surface area contributed by atoms with Crippen molar-refractivity contribution in [1.82, 2.24) is 19.4 Å². The van der Waals surface area contributed by atoms with E-state index in [4.69, 9.17) is 14.9 Å². The van der Waals surface area contributed by atoms with Gasteiger partial charge in [-0.1, -0.05) is 18.2 Å². The summed E-state index contributed by atoms with van der Waals surface area (Å²) in [6.07, 6.45) is 1.64. The summed E-state index contributed by atoms with van der Waals surface area (Å²) in [4.78, 5) is 44.6. The Bertz CT molecular complexity index is 1270. The molecule has 1 aliphatic carbocycles. The molecule has 0 atom stereocenters. The Labute approximate surface area is 218 Å². The molecule has 11 heteroatoms. The lowest BCUT2D eigenvalue weighted by molar-refractivity contribution is -0.192. The van der Waals surface area contributed by atoms with E-state index >= 15 is 0 Å². The van der Waals surface area contributed by atoms with Gasteiger partial charge in [-0.3, -0.25) is 14.2 Å². The number of aliphatic carboxylic acids is 1. The number of hydrogen-bond acceptors (Lipinski definition) is 5. The molecule has 38 heavy (non-hydrogen) atoms. The third-order valence-corrected chi connectivity index (χ3v) is 8.10. The summed E-state index contributed by atoms with van der Waals surface area (Å²) in [6.45, 7) is 5.36. The Balaban J connectivity index is 0.000000374. The van der Waals surface area contributed by atoms with Gasteiger partial charge in [-0.25, -0.2) is 9.78 Å². The van der Waals surface area contributed by atoms with Crippen molar-refractivity contribution in [2.75, 3.05) is 26.2 Å². The van der Waals surface area contributed by atoms with Crippen LogP contribution in [0.1, 0.15) is 53.1 Å². The molecule has 8 nitrogen and oxygen atoms in total. The molecule has 204 valence electrons. The quantitative estimate of drug-likeness (QED) is 0.653. The molecule has 0 radical (unpaired) electrons. The maximum atomic E-state index is 13.4. The van der Waals surface area contributed by atoms with Crippen LogP contribution in [0.3, 0.4) is 0 Å². The fourth-order valence-electron chi connectivity index (χ4n) is 5.74. The number of likely N-dealkylation sites (tertiary alicyclic amines) is 1. The first-order valence-corrected chi connectivity index (χ1v) is 13.0. The highest BCUT2D eigenvalue weighted by molar-refractivity contribution is 5.94. The number of halogens is 3. The zero-order valence-electron chi connectivity index (χ0n) is 21.0. The first-order valence-electron chi connectivity index (χ1n) is 13.0. The van der Waals surface area contributed by atoms with E-state index in [1.807, 2.05) is 34.9 Å². The smallest absolute Gasteiger partial charge is 0.475 e. The highest BCUT2D eigenvalue weighted by Crippen LogP contribution is 2.41. The summed E-state index contributed by atoms with van der Waals surface area (Å²) in [6, 6.07) is 9.35. The van der Waals surface area contributed by atoms with Crippen LogP contribution in [0.4, 0.5) is 13.2 Å². The average molecular weight is 533 g/mol. The molecule has 1 N–H and O–H groups in total. The molecule has 1 aromatic heterocycles. The third kappa shape index (κ3) is 5.62. The van der Waals surface area contributed by atoms with Crippen molar-refractivity contribution in [2.24, 2.45) is 11.3 Å². The minimum atomic E-state index is -5.08. The van der Waals surface area contributed by atoms with E-state index in [0.717, 1.165) is 61.9 Å². The predicted molar refractivity (Wildman–Crippen MR) is 132 cm³/mol. The van der Waals surface area contributed by atoms with Gasteiger partial charge in [0.15, 0.2) is 0 Å². The summed E-state index contributed by atoms with van der Waals surface area (Å²) >= 11 is 0. The molecular formula is C27H31F3N4O4. The Morgan fingerprint density at radius 3 is 2.34 bits per heavy atom. The molecule has 1 saturated heterocycles. The fraction of sp³-hybridized carbons (Fsp3) is 0.556. The van der Waals surface area contributed by atoms with E-state index in [9.17, 15) is 22.8 Å². The summed E-state index contributed by atoms with van der Waals surface area (Å²) < 4.78 is 33.7. The van der Waals surface area contributed by atoms with Gasteiger partial charge in [0.2, 0.25) is 0 Å². The number of hydrogen-bond donors (Lipinski definition) is 1.